The number of ether oxygens (including phenoxy) is 2. The number of hydrogen-bond acceptors (Lipinski definition) is 2. The zero-order valence-corrected chi connectivity index (χ0v) is 9.95. The van der Waals surface area contributed by atoms with Crippen molar-refractivity contribution in [2.75, 3.05) is 13.7 Å². The van der Waals surface area contributed by atoms with Crippen LogP contribution in [0.25, 0.3) is 0 Å². The summed E-state index contributed by atoms with van der Waals surface area (Å²) in [4.78, 5) is 0. The van der Waals surface area contributed by atoms with Crippen LogP contribution in [0.5, 0.6) is 5.75 Å². The smallest absolute Gasteiger partial charge is 1.00 e. The van der Waals surface area contributed by atoms with Crippen LogP contribution >= 0.6 is 0 Å². The summed E-state index contributed by atoms with van der Waals surface area (Å²) in [5, 5.41) is 0. The van der Waals surface area contributed by atoms with E-state index in [4.69, 9.17) is 9.47 Å². The van der Waals surface area contributed by atoms with E-state index in [-0.39, 0.29) is 25.9 Å². The molecule has 2 rings (SSSR count). The first-order valence-electron chi connectivity index (χ1n) is 4.66. The maximum Gasteiger partial charge on any atom is 2.00 e. The van der Waals surface area contributed by atoms with Crippen LogP contribution in [0, 0.1) is 0 Å². The van der Waals surface area contributed by atoms with Crippen molar-refractivity contribution in [1.29, 1.82) is 0 Å². The van der Waals surface area contributed by atoms with Gasteiger partial charge in [0.1, 0.15) is 5.75 Å². The Hall–Kier alpha value is -0.254. The second-order valence-corrected chi connectivity index (χ2v) is 3.27. The minimum atomic E-state index is 0. The summed E-state index contributed by atoms with van der Waals surface area (Å²) in [6.07, 6.45) is 2.63. The Bertz CT molecular complexity index is 274. The fourth-order valence-corrected chi connectivity index (χ4v) is 1.66. The van der Waals surface area contributed by atoms with Crippen molar-refractivity contribution in [3.05, 3.63) is 29.8 Å². The molecule has 74 valence electrons. The van der Waals surface area contributed by atoms with Crippen LogP contribution in [0.15, 0.2) is 24.3 Å². The standard InChI is InChI=1S/C11H14O2.Mg.2H/c1-12-10-6-4-9(5-7-10)11-3-2-8-13-11;;;/h4-7,11H,2-3,8H2,1H3;;;/q;+2;2*-1. The molecule has 14 heavy (non-hydrogen) atoms. The van der Waals surface area contributed by atoms with Gasteiger partial charge in [-0.1, -0.05) is 12.1 Å². The average Bonchev–Trinajstić information content (AvgIpc) is 2.71. The van der Waals surface area contributed by atoms with Crippen LogP contribution in [-0.2, 0) is 4.74 Å². The molecule has 3 heteroatoms. The van der Waals surface area contributed by atoms with Crippen molar-refractivity contribution in [3.8, 4) is 5.75 Å². The molecular formula is C11H16MgO2. The Morgan fingerprint density at radius 2 is 2.07 bits per heavy atom. The predicted molar refractivity (Wildman–Crippen MR) is 58.9 cm³/mol. The van der Waals surface area contributed by atoms with Crippen molar-refractivity contribution in [2.45, 2.75) is 18.9 Å². The molecule has 1 aliphatic rings. The molecule has 0 amide bonds. The van der Waals surface area contributed by atoms with Gasteiger partial charge in [-0.05, 0) is 30.5 Å². The van der Waals surface area contributed by atoms with Gasteiger partial charge in [0.25, 0.3) is 0 Å². The Morgan fingerprint density at radius 3 is 2.57 bits per heavy atom. The van der Waals surface area contributed by atoms with E-state index in [0.717, 1.165) is 18.8 Å². The van der Waals surface area contributed by atoms with Gasteiger partial charge in [-0.2, -0.15) is 0 Å². The second kappa shape index (κ2) is 5.58. The van der Waals surface area contributed by atoms with Crippen molar-refractivity contribution in [2.24, 2.45) is 0 Å². The molecule has 0 N–H and O–H groups in total. The molecule has 1 unspecified atom stereocenters. The number of hydrogen-bond donors (Lipinski definition) is 0. The maximum atomic E-state index is 5.57. The SMILES string of the molecule is COc1ccc(C2CCCO2)cc1.[H-].[H-].[Mg+2]. The van der Waals surface area contributed by atoms with Crippen LogP contribution in [-0.4, -0.2) is 36.8 Å². The zero-order valence-electron chi connectivity index (χ0n) is 10.5. The van der Waals surface area contributed by atoms with E-state index in [0.29, 0.717) is 6.10 Å². The minimum absolute atomic E-state index is 0. The van der Waals surface area contributed by atoms with Gasteiger partial charge in [0.05, 0.1) is 13.2 Å². The maximum absolute atomic E-state index is 5.57. The monoisotopic (exact) mass is 204 g/mol. The molecule has 0 bridgehead atoms. The summed E-state index contributed by atoms with van der Waals surface area (Å²) in [6, 6.07) is 8.12. The van der Waals surface area contributed by atoms with E-state index in [2.05, 4.69) is 12.1 Å². The molecule has 1 aromatic carbocycles. The third kappa shape index (κ3) is 2.62. The van der Waals surface area contributed by atoms with Gasteiger partial charge in [-0.15, -0.1) is 0 Å². The quantitative estimate of drug-likeness (QED) is 0.689. The Labute approximate surface area is 104 Å². The molecule has 1 saturated heterocycles. The fraction of sp³-hybridized carbons (Fsp3) is 0.455. The summed E-state index contributed by atoms with van der Waals surface area (Å²) in [5.74, 6) is 0.904. The first-order chi connectivity index (χ1) is 6.40. The van der Waals surface area contributed by atoms with Crippen molar-refractivity contribution in [3.63, 3.8) is 0 Å². The molecule has 1 aromatic rings. The first-order valence-corrected chi connectivity index (χ1v) is 4.66. The van der Waals surface area contributed by atoms with Crippen LogP contribution in [0.3, 0.4) is 0 Å². The Morgan fingerprint density at radius 1 is 1.36 bits per heavy atom. The Kier molecular flexibility index (Phi) is 4.71. The van der Waals surface area contributed by atoms with E-state index >= 15 is 0 Å². The van der Waals surface area contributed by atoms with Crippen LogP contribution in [0.2, 0.25) is 0 Å². The number of methoxy groups -OCH3 is 1. The molecule has 2 nitrogen and oxygen atoms in total. The van der Waals surface area contributed by atoms with Crippen molar-refractivity contribution >= 4 is 23.1 Å². The van der Waals surface area contributed by atoms with Gasteiger partial charge in [-0.25, -0.2) is 0 Å². The van der Waals surface area contributed by atoms with Gasteiger partial charge >= 0.3 is 23.1 Å². The van der Waals surface area contributed by atoms with Gasteiger partial charge in [-0.3, -0.25) is 0 Å². The summed E-state index contributed by atoms with van der Waals surface area (Å²) in [5.41, 5.74) is 1.26. The summed E-state index contributed by atoms with van der Waals surface area (Å²) < 4.78 is 10.7. The van der Waals surface area contributed by atoms with Gasteiger partial charge in [0.2, 0.25) is 0 Å². The third-order valence-electron chi connectivity index (χ3n) is 2.42. The molecular weight excluding hydrogens is 188 g/mol. The van der Waals surface area contributed by atoms with Gasteiger partial charge in [0, 0.05) is 6.61 Å². The molecule has 0 radical (unpaired) electrons. The van der Waals surface area contributed by atoms with E-state index in [9.17, 15) is 0 Å². The molecule has 1 aliphatic heterocycles. The summed E-state index contributed by atoms with van der Waals surface area (Å²) in [7, 11) is 1.68. The Balaban J connectivity index is 0. The number of benzene rings is 1. The molecule has 1 fully saturated rings. The molecule has 1 atom stereocenters. The molecule has 0 aromatic heterocycles. The normalized spacial score (nSPS) is 20.2. The van der Waals surface area contributed by atoms with Crippen LogP contribution in [0.1, 0.15) is 27.4 Å². The van der Waals surface area contributed by atoms with E-state index in [1.54, 1.807) is 7.11 Å². The van der Waals surface area contributed by atoms with Crippen molar-refractivity contribution < 1.29 is 12.3 Å². The fourth-order valence-electron chi connectivity index (χ4n) is 1.66. The van der Waals surface area contributed by atoms with E-state index in [1.807, 2.05) is 12.1 Å². The minimum Gasteiger partial charge on any atom is -1.00 e. The van der Waals surface area contributed by atoms with E-state index < -0.39 is 0 Å². The van der Waals surface area contributed by atoms with Gasteiger partial charge in [0.15, 0.2) is 0 Å². The van der Waals surface area contributed by atoms with Crippen LogP contribution < -0.4 is 4.74 Å². The first kappa shape index (κ1) is 11.8. The number of rotatable bonds is 2. The summed E-state index contributed by atoms with van der Waals surface area (Å²) in [6.45, 7) is 0.899. The summed E-state index contributed by atoms with van der Waals surface area (Å²) >= 11 is 0. The van der Waals surface area contributed by atoms with Gasteiger partial charge < -0.3 is 12.3 Å². The van der Waals surface area contributed by atoms with E-state index in [1.165, 1.54) is 12.0 Å². The zero-order chi connectivity index (χ0) is 9.10. The third-order valence-corrected chi connectivity index (χ3v) is 2.42. The molecule has 0 saturated carbocycles. The molecule has 0 spiro atoms. The second-order valence-electron chi connectivity index (χ2n) is 3.27. The van der Waals surface area contributed by atoms with Crippen LogP contribution in [0.4, 0.5) is 0 Å². The van der Waals surface area contributed by atoms with Crippen molar-refractivity contribution in [1.82, 2.24) is 0 Å². The molecule has 1 heterocycles. The topological polar surface area (TPSA) is 18.5 Å². The average molecular weight is 205 g/mol. The molecule has 0 aliphatic carbocycles. The predicted octanol–water partition coefficient (Wildman–Crippen LogP) is 2.39. The largest absolute Gasteiger partial charge is 2.00 e.